The van der Waals surface area contributed by atoms with E-state index in [4.69, 9.17) is 17.0 Å². The molecule has 8 heteroatoms. The number of carbonyl (C=O) groups is 1. The van der Waals surface area contributed by atoms with Crippen molar-refractivity contribution < 1.29 is 19.1 Å². The maximum Gasteiger partial charge on any atom is 0.356 e. The van der Waals surface area contributed by atoms with Crippen molar-refractivity contribution in [1.82, 2.24) is 4.98 Å². The van der Waals surface area contributed by atoms with Crippen LogP contribution < -0.4 is 4.29 Å². The number of carboxylic acids is 1. The van der Waals surface area contributed by atoms with Gasteiger partial charge in [-0.15, -0.1) is 0 Å². The van der Waals surface area contributed by atoms with E-state index in [0.29, 0.717) is 0 Å². The Morgan fingerprint density at radius 1 is 1.77 bits per heavy atom. The Morgan fingerprint density at radius 3 is 2.77 bits per heavy atom. The molecule has 1 rings (SSSR count). The van der Waals surface area contributed by atoms with E-state index >= 15 is 0 Å². The fourth-order valence-corrected chi connectivity index (χ4v) is 0.928. The van der Waals surface area contributed by atoms with Crippen LogP contribution in [0.2, 0.25) is 0 Å². The first-order valence-electron chi connectivity index (χ1n) is 2.95. The molecule has 0 saturated heterocycles. The van der Waals surface area contributed by atoms with E-state index in [-0.39, 0.29) is 0 Å². The average Bonchev–Trinajstić information content (AvgIpc) is 2.46. The summed E-state index contributed by atoms with van der Waals surface area (Å²) in [5.41, 5.74) is -0.978. The number of nitrogens with one attached hydrogen (secondary N) is 1. The fourth-order valence-electron chi connectivity index (χ4n) is 0.772. The molecule has 7 nitrogen and oxygen atoms in total. The summed E-state index contributed by atoms with van der Waals surface area (Å²) in [5, 5.41) is 18.8. The molecule has 1 heterocycles. The molecular formula is C5H3ClN2O5. The van der Waals surface area contributed by atoms with E-state index in [2.05, 4.69) is 9.27 Å². The molecule has 1 aromatic heterocycles. The van der Waals surface area contributed by atoms with Crippen LogP contribution in [0.4, 0.5) is 5.69 Å². The number of hydrogen-bond acceptors (Lipinski definition) is 4. The molecular weight excluding hydrogens is 204 g/mol. The topological polar surface area (TPSA) is 105 Å². The van der Waals surface area contributed by atoms with Crippen molar-refractivity contribution in [3.63, 3.8) is 0 Å². The molecule has 0 aliphatic heterocycles. The van der Waals surface area contributed by atoms with Crippen LogP contribution in [0.5, 0.6) is 5.75 Å². The number of aromatic amines is 1. The SMILES string of the molecule is O=C(O)c1[nH]cc([N+](=O)[O-])c1OCl. The lowest BCUT2D eigenvalue weighted by Crippen LogP contribution is -1.98. The largest absolute Gasteiger partial charge is 0.476 e. The lowest BCUT2D eigenvalue weighted by atomic mass is 10.4. The van der Waals surface area contributed by atoms with Gasteiger partial charge in [0.05, 0.1) is 11.1 Å². The predicted octanol–water partition coefficient (Wildman–Crippen LogP) is 1.15. The van der Waals surface area contributed by atoms with Gasteiger partial charge in [-0.3, -0.25) is 10.1 Å². The van der Waals surface area contributed by atoms with Gasteiger partial charge in [-0.05, 0) is 0 Å². The van der Waals surface area contributed by atoms with Crippen LogP contribution >= 0.6 is 11.9 Å². The molecule has 0 amide bonds. The molecule has 0 saturated carbocycles. The van der Waals surface area contributed by atoms with Crippen LogP contribution in [0.1, 0.15) is 10.5 Å². The highest BCUT2D eigenvalue weighted by molar-refractivity contribution is 6.10. The third-order valence-electron chi connectivity index (χ3n) is 1.30. The van der Waals surface area contributed by atoms with Crippen LogP contribution in [0.25, 0.3) is 0 Å². The number of halogens is 1. The van der Waals surface area contributed by atoms with Crippen LogP contribution in [-0.4, -0.2) is 21.0 Å². The summed E-state index contributed by atoms with van der Waals surface area (Å²) in [4.78, 5) is 22.0. The maximum atomic E-state index is 10.4. The lowest BCUT2D eigenvalue weighted by Gasteiger charge is -1.93. The van der Waals surface area contributed by atoms with Gasteiger partial charge in [0.2, 0.25) is 0 Å². The molecule has 0 fully saturated rings. The number of rotatable bonds is 3. The van der Waals surface area contributed by atoms with Gasteiger partial charge < -0.3 is 14.4 Å². The highest BCUT2D eigenvalue weighted by Crippen LogP contribution is 2.31. The van der Waals surface area contributed by atoms with Crippen molar-refractivity contribution in [2.24, 2.45) is 0 Å². The van der Waals surface area contributed by atoms with Gasteiger partial charge in [-0.1, -0.05) is 0 Å². The van der Waals surface area contributed by atoms with Gasteiger partial charge in [-0.25, -0.2) is 4.79 Å². The summed E-state index contributed by atoms with van der Waals surface area (Å²) in [7, 11) is 0. The standard InChI is InChI=1S/C5H3ClN2O5/c6-13-4-2(8(11)12)1-7-3(4)5(9)10/h1,7H,(H,9,10). The normalized spacial score (nSPS) is 9.62. The summed E-state index contributed by atoms with van der Waals surface area (Å²) >= 11 is 4.88. The second kappa shape index (κ2) is 3.31. The van der Waals surface area contributed by atoms with E-state index in [1.807, 2.05) is 0 Å². The van der Waals surface area contributed by atoms with Gasteiger partial charge in [-0.2, -0.15) is 0 Å². The Kier molecular flexibility index (Phi) is 2.38. The van der Waals surface area contributed by atoms with E-state index < -0.39 is 28.0 Å². The van der Waals surface area contributed by atoms with Gasteiger partial charge >= 0.3 is 11.7 Å². The van der Waals surface area contributed by atoms with Crippen molar-refractivity contribution in [1.29, 1.82) is 0 Å². The van der Waals surface area contributed by atoms with E-state index in [0.717, 1.165) is 6.20 Å². The molecule has 70 valence electrons. The minimum atomic E-state index is -1.39. The Balaban J connectivity index is 3.26. The first-order valence-corrected chi connectivity index (χ1v) is 3.26. The van der Waals surface area contributed by atoms with Crippen LogP contribution in [0.15, 0.2) is 6.20 Å². The quantitative estimate of drug-likeness (QED) is 0.570. The summed E-state index contributed by atoms with van der Waals surface area (Å²) in [5.74, 6) is -1.89. The second-order valence-electron chi connectivity index (χ2n) is 2.02. The zero-order valence-corrected chi connectivity index (χ0v) is 6.74. The third-order valence-corrected chi connectivity index (χ3v) is 1.45. The van der Waals surface area contributed by atoms with E-state index in [9.17, 15) is 14.9 Å². The molecule has 0 radical (unpaired) electrons. The van der Waals surface area contributed by atoms with Crippen molar-refractivity contribution in [2.75, 3.05) is 0 Å². The van der Waals surface area contributed by atoms with Gasteiger partial charge in [0.25, 0.3) is 5.75 Å². The average molecular weight is 207 g/mol. The zero-order valence-electron chi connectivity index (χ0n) is 5.98. The maximum absolute atomic E-state index is 10.4. The number of nitro groups is 1. The summed E-state index contributed by atoms with van der Waals surface area (Å²) in [6, 6.07) is 0. The first-order chi connectivity index (χ1) is 6.07. The fraction of sp³-hybridized carbons (Fsp3) is 0. The Labute approximate surface area is 76.2 Å². The van der Waals surface area contributed by atoms with Gasteiger partial charge in [0.15, 0.2) is 5.69 Å². The molecule has 2 N–H and O–H groups in total. The molecule has 0 aromatic carbocycles. The van der Waals surface area contributed by atoms with E-state index in [1.54, 1.807) is 0 Å². The van der Waals surface area contributed by atoms with Crippen LogP contribution in [0, 0.1) is 10.1 Å². The number of hydrogen-bond donors (Lipinski definition) is 2. The first kappa shape index (κ1) is 9.33. The second-order valence-corrected chi connectivity index (χ2v) is 2.17. The highest BCUT2D eigenvalue weighted by atomic mass is 35.5. The van der Waals surface area contributed by atoms with Crippen LogP contribution in [0.3, 0.4) is 0 Å². The molecule has 0 spiro atoms. The summed E-state index contributed by atoms with van der Waals surface area (Å²) < 4.78 is 4.06. The summed E-state index contributed by atoms with van der Waals surface area (Å²) in [6.07, 6.45) is 0.890. The lowest BCUT2D eigenvalue weighted by molar-refractivity contribution is -0.385. The smallest absolute Gasteiger partial charge is 0.356 e. The van der Waals surface area contributed by atoms with Crippen molar-refractivity contribution in [3.05, 3.63) is 22.0 Å². The molecule has 13 heavy (non-hydrogen) atoms. The third kappa shape index (κ3) is 1.54. The van der Waals surface area contributed by atoms with Crippen molar-refractivity contribution in [2.45, 2.75) is 0 Å². The molecule has 0 unspecified atom stereocenters. The molecule has 0 aliphatic carbocycles. The molecule has 0 aliphatic rings. The number of aromatic nitrogens is 1. The monoisotopic (exact) mass is 206 g/mol. The van der Waals surface area contributed by atoms with Gasteiger partial charge in [0, 0.05) is 0 Å². The minimum Gasteiger partial charge on any atom is -0.476 e. The van der Waals surface area contributed by atoms with E-state index in [1.165, 1.54) is 0 Å². The van der Waals surface area contributed by atoms with Crippen LogP contribution in [-0.2, 0) is 0 Å². The Morgan fingerprint density at radius 2 is 2.38 bits per heavy atom. The van der Waals surface area contributed by atoms with Crippen molar-refractivity contribution >= 4 is 23.5 Å². The Bertz CT molecular complexity index is 328. The molecule has 0 bridgehead atoms. The highest BCUT2D eigenvalue weighted by Gasteiger charge is 2.26. The number of aromatic carboxylic acids is 1. The zero-order chi connectivity index (χ0) is 10.0. The van der Waals surface area contributed by atoms with Gasteiger partial charge in [0.1, 0.15) is 11.9 Å². The molecule has 1 aromatic rings. The predicted molar refractivity (Wildman–Crippen MR) is 40.9 cm³/mol. The number of H-pyrrole nitrogens is 1. The Hall–Kier alpha value is -1.76. The minimum absolute atomic E-state index is 0.457. The molecule has 0 atom stereocenters. The van der Waals surface area contributed by atoms with Crippen molar-refractivity contribution in [3.8, 4) is 5.75 Å². The number of carboxylic acid groups (broad SMARTS) is 1. The number of nitrogens with zero attached hydrogens (tertiary/aromatic N) is 1. The summed E-state index contributed by atoms with van der Waals surface area (Å²) in [6.45, 7) is 0.